The maximum atomic E-state index is 12.6. The van der Waals surface area contributed by atoms with E-state index in [0.29, 0.717) is 5.69 Å². The molecule has 0 aliphatic carbocycles. The monoisotopic (exact) mass is 345 g/mol. The molecular weight excluding hydrogens is 322 g/mol. The fraction of sp³-hybridized carbons (Fsp3) is 0.182. The Hall–Kier alpha value is -3.14. The molecule has 3 rings (SSSR count). The first-order valence-electron chi connectivity index (χ1n) is 8.62. The third-order valence-corrected chi connectivity index (χ3v) is 4.16. The molecular formula is C22H23N3O. The van der Waals surface area contributed by atoms with Crippen LogP contribution in [0.25, 0.3) is 0 Å². The molecule has 26 heavy (non-hydrogen) atoms. The third-order valence-electron chi connectivity index (χ3n) is 4.16. The van der Waals surface area contributed by atoms with Crippen LogP contribution in [0.2, 0.25) is 0 Å². The van der Waals surface area contributed by atoms with Gasteiger partial charge in [-0.2, -0.15) is 0 Å². The van der Waals surface area contributed by atoms with E-state index in [9.17, 15) is 4.79 Å². The number of hydrogen-bond acceptors (Lipinski definition) is 3. The Morgan fingerprint density at radius 1 is 1.00 bits per heavy atom. The number of nitrogens with one attached hydrogen (secondary N) is 1. The predicted molar refractivity (Wildman–Crippen MR) is 107 cm³/mol. The number of aryl methyl sites for hydroxylation is 2. The van der Waals surface area contributed by atoms with Gasteiger partial charge in [-0.15, -0.1) is 0 Å². The van der Waals surface area contributed by atoms with Crippen molar-refractivity contribution in [2.24, 2.45) is 0 Å². The van der Waals surface area contributed by atoms with E-state index < -0.39 is 0 Å². The van der Waals surface area contributed by atoms with E-state index >= 15 is 0 Å². The van der Waals surface area contributed by atoms with E-state index in [2.05, 4.69) is 33.4 Å². The van der Waals surface area contributed by atoms with Crippen LogP contribution in [-0.4, -0.2) is 17.9 Å². The number of amides is 1. The molecule has 0 aliphatic heterocycles. The van der Waals surface area contributed by atoms with Crippen molar-refractivity contribution in [3.63, 3.8) is 0 Å². The van der Waals surface area contributed by atoms with Crippen molar-refractivity contribution < 1.29 is 4.79 Å². The highest BCUT2D eigenvalue weighted by Gasteiger charge is 2.11. The van der Waals surface area contributed by atoms with Crippen molar-refractivity contribution in [1.82, 2.24) is 4.98 Å². The summed E-state index contributed by atoms with van der Waals surface area (Å²) >= 11 is 0. The highest BCUT2D eigenvalue weighted by Crippen LogP contribution is 2.18. The fourth-order valence-corrected chi connectivity index (χ4v) is 2.97. The molecule has 132 valence electrons. The van der Waals surface area contributed by atoms with Crippen molar-refractivity contribution in [1.29, 1.82) is 0 Å². The summed E-state index contributed by atoms with van der Waals surface area (Å²) in [6, 6.07) is 20.0. The Kier molecular flexibility index (Phi) is 5.32. The smallest absolute Gasteiger partial charge is 0.274 e. The van der Waals surface area contributed by atoms with E-state index in [1.54, 1.807) is 6.20 Å². The van der Waals surface area contributed by atoms with Gasteiger partial charge in [0.2, 0.25) is 0 Å². The molecule has 1 N–H and O–H groups in total. The number of anilines is 2. The fourth-order valence-electron chi connectivity index (χ4n) is 2.97. The Balaban J connectivity index is 1.74. The molecule has 1 aromatic heterocycles. The molecule has 0 radical (unpaired) electrons. The van der Waals surface area contributed by atoms with E-state index in [1.807, 2.05) is 63.4 Å². The van der Waals surface area contributed by atoms with Crippen molar-refractivity contribution in [3.8, 4) is 0 Å². The zero-order chi connectivity index (χ0) is 18.5. The normalized spacial score (nSPS) is 10.4. The highest BCUT2D eigenvalue weighted by atomic mass is 16.1. The lowest BCUT2D eigenvalue weighted by Gasteiger charge is -2.19. The zero-order valence-corrected chi connectivity index (χ0v) is 15.4. The molecule has 0 saturated heterocycles. The number of benzene rings is 2. The highest BCUT2D eigenvalue weighted by molar-refractivity contribution is 6.03. The first kappa shape index (κ1) is 17.7. The van der Waals surface area contributed by atoms with Crippen LogP contribution in [0.5, 0.6) is 0 Å². The van der Waals surface area contributed by atoms with Gasteiger partial charge in [-0.1, -0.05) is 36.4 Å². The molecule has 4 heteroatoms. The van der Waals surface area contributed by atoms with Gasteiger partial charge in [-0.05, 0) is 54.8 Å². The summed E-state index contributed by atoms with van der Waals surface area (Å²) in [6.07, 6.45) is 1.67. The Morgan fingerprint density at radius 2 is 1.69 bits per heavy atom. The molecule has 0 fully saturated rings. The average Bonchev–Trinajstić information content (AvgIpc) is 2.62. The van der Waals surface area contributed by atoms with E-state index in [1.165, 1.54) is 5.56 Å². The van der Waals surface area contributed by atoms with Crippen molar-refractivity contribution in [2.45, 2.75) is 20.4 Å². The molecule has 0 unspecified atom stereocenters. The third kappa shape index (κ3) is 4.48. The van der Waals surface area contributed by atoms with Crippen LogP contribution in [-0.2, 0) is 6.54 Å². The maximum Gasteiger partial charge on any atom is 0.274 e. The number of carbonyl (C=O) groups excluding carboxylic acids is 1. The van der Waals surface area contributed by atoms with Crippen LogP contribution in [0.1, 0.15) is 27.2 Å². The molecule has 0 atom stereocenters. The van der Waals surface area contributed by atoms with Gasteiger partial charge in [0.25, 0.3) is 5.91 Å². The number of rotatable bonds is 5. The van der Waals surface area contributed by atoms with Crippen LogP contribution in [0.15, 0.2) is 66.9 Å². The standard InChI is InChI=1S/C22H23N3O/c1-16-11-17(2)13-19(12-16)24-22(26)21-14-20(9-10-23-21)25(3)15-18-7-5-4-6-8-18/h4-14H,15H2,1-3H3,(H,24,26). The number of pyridine rings is 1. The van der Waals surface area contributed by atoms with Gasteiger partial charge in [-0.3, -0.25) is 9.78 Å². The summed E-state index contributed by atoms with van der Waals surface area (Å²) in [7, 11) is 2.01. The summed E-state index contributed by atoms with van der Waals surface area (Å²) in [5.41, 5.74) is 5.59. The lowest BCUT2D eigenvalue weighted by molar-refractivity contribution is 0.102. The quantitative estimate of drug-likeness (QED) is 0.736. The lowest BCUT2D eigenvalue weighted by Crippen LogP contribution is -2.18. The van der Waals surface area contributed by atoms with E-state index in [-0.39, 0.29) is 5.91 Å². The second-order valence-corrected chi connectivity index (χ2v) is 6.57. The second-order valence-electron chi connectivity index (χ2n) is 6.57. The van der Waals surface area contributed by atoms with Crippen LogP contribution in [0, 0.1) is 13.8 Å². The van der Waals surface area contributed by atoms with E-state index in [4.69, 9.17) is 0 Å². The minimum Gasteiger partial charge on any atom is -0.370 e. The maximum absolute atomic E-state index is 12.6. The first-order valence-corrected chi connectivity index (χ1v) is 8.62. The molecule has 2 aromatic carbocycles. The molecule has 0 spiro atoms. The van der Waals surface area contributed by atoms with Crippen molar-refractivity contribution in [3.05, 3.63) is 89.2 Å². The van der Waals surface area contributed by atoms with Gasteiger partial charge in [0, 0.05) is 31.2 Å². The molecule has 0 aliphatic rings. The second kappa shape index (κ2) is 7.83. The SMILES string of the molecule is Cc1cc(C)cc(NC(=O)c2cc(N(C)Cc3ccccc3)ccn2)c1. The molecule has 1 heterocycles. The van der Waals surface area contributed by atoms with Gasteiger partial charge in [0.15, 0.2) is 0 Å². The van der Waals surface area contributed by atoms with Crippen molar-refractivity contribution in [2.75, 3.05) is 17.3 Å². The lowest BCUT2D eigenvalue weighted by atomic mass is 10.1. The predicted octanol–water partition coefficient (Wildman–Crippen LogP) is 4.59. The van der Waals surface area contributed by atoms with Gasteiger partial charge in [0.1, 0.15) is 5.69 Å². The summed E-state index contributed by atoms with van der Waals surface area (Å²) < 4.78 is 0. The summed E-state index contributed by atoms with van der Waals surface area (Å²) in [4.78, 5) is 18.9. The molecule has 4 nitrogen and oxygen atoms in total. The van der Waals surface area contributed by atoms with Crippen molar-refractivity contribution >= 4 is 17.3 Å². The number of nitrogens with zero attached hydrogens (tertiary/aromatic N) is 2. The van der Waals surface area contributed by atoms with Gasteiger partial charge >= 0.3 is 0 Å². The molecule has 3 aromatic rings. The van der Waals surface area contributed by atoms with Crippen LogP contribution >= 0.6 is 0 Å². The van der Waals surface area contributed by atoms with Gasteiger partial charge in [-0.25, -0.2) is 0 Å². The summed E-state index contributed by atoms with van der Waals surface area (Å²) in [5.74, 6) is -0.204. The Labute approximate surface area is 154 Å². The number of hydrogen-bond donors (Lipinski definition) is 1. The molecule has 0 saturated carbocycles. The topological polar surface area (TPSA) is 45.2 Å². The largest absolute Gasteiger partial charge is 0.370 e. The average molecular weight is 345 g/mol. The molecule has 0 bridgehead atoms. The number of carbonyl (C=O) groups is 1. The van der Waals surface area contributed by atoms with Crippen LogP contribution in [0.3, 0.4) is 0 Å². The first-order chi connectivity index (χ1) is 12.5. The minimum atomic E-state index is -0.204. The number of aromatic nitrogens is 1. The van der Waals surface area contributed by atoms with E-state index in [0.717, 1.165) is 29.0 Å². The Bertz CT molecular complexity index is 886. The summed E-state index contributed by atoms with van der Waals surface area (Å²) in [6.45, 7) is 4.79. The van der Waals surface area contributed by atoms with Crippen LogP contribution < -0.4 is 10.2 Å². The zero-order valence-electron chi connectivity index (χ0n) is 15.4. The van der Waals surface area contributed by atoms with Gasteiger partial charge < -0.3 is 10.2 Å². The molecule has 1 amide bonds. The Morgan fingerprint density at radius 3 is 2.38 bits per heavy atom. The van der Waals surface area contributed by atoms with Gasteiger partial charge in [0.05, 0.1) is 0 Å². The summed E-state index contributed by atoms with van der Waals surface area (Å²) in [5, 5.41) is 2.94. The minimum absolute atomic E-state index is 0.204. The van der Waals surface area contributed by atoms with Crippen LogP contribution in [0.4, 0.5) is 11.4 Å².